The Morgan fingerprint density at radius 3 is 1.19 bits per heavy atom. The van der Waals surface area contributed by atoms with E-state index in [-0.39, 0.29) is 35.5 Å². The van der Waals surface area contributed by atoms with E-state index in [0.717, 1.165) is 12.1 Å². The molecule has 0 saturated carbocycles. The van der Waals surface area contributed by atoms with Crippen LogP contribution >= 0.6 is 0 Å². The summed E-state index contributed by atoms with van der Waals surface area (Å²) in [6, 6.07) is 2.20. The van der Waals surface area contributed by atoms with Gasteiger partial charge in [-0.1, -0.05) is 0 Å². The maximum Gasteiger partial charge on any atom is 0.324 e. The smallest absolute Gasteiger partial charge is 0.324 e. The molecule has 0 aromatic heterocycles. The highest BCUT2D eigenvalue weighted by Gasteiger charge is 2.49. The van der Waals surface area contributed by atoms with Crippen molar-refractivity contribution >= 4 is 35.1 Å². The number of fused-ring (bicyclic) bond motifs is 2. The zero-order valence-electron chi connectivity index (χ0n) is 14.0. The van der Waals surface area contributed by atoms with Gasteiger partial charge in [0.1, 0.15) is 0 Å². The van der Waals surface area contributed by atoms with Crippen molar-refractivity contribution in [3.8, 4) is 0 Å². The highest BCUT2D eigenvalue weighted by molar-refractivity contribution is 6.38. The number of ketones is 4. The van der Waals surface area contributed by atoms with Crippen LogP contribution in [-0.2, 0) is 19.1 Å². The molecule has 8 nitrogen and oxygen atoms in total. The molecular formula is C18H14O8. The lowest BCUT2D eigenvalue weighted by Gasteiger charge is -2.06. The third-order valence-corrected chi connectivity index (χ3v) is 4.31. The Morgan fingerprint density at radius 2 is 0.962 bits per heavy atom. The molecule has 0 heterocycles. The van der Waals surface area contributed by atoms with Crippen molar-refractivity contribution in [1.29, 1.82) is 0 Å². The lowest BCUT2D eigenvalue weighted by Crippen LogP contribution is -2.28. The average molecular weight is 358 g/mol. The normalized spacial score (nSPS) is 16.7. The molecular weight excluding hydrogens is 344 g/mol. The number of carbonyl (C=O) groups is 6. The van der Waals surface area contributed by atoms with E-state index in [1.54, 1.807) is 0 Å². The molecule has 0 aliphatic heterocycles. The van der Waals surface area contributed by atoms with Crippen LogP contribution < -0.4 is 0 Å². The quantitative estimate of drug-likeness (QED) is 0.572. The Kier molecular flexibility index (Phi) is 4.27. The molecule has 26 heavy (non-hydrogen) atoms. The molecule has 0 atom stereocenters. The van der Waals surface area contributed by atoms with Gasteiger partial charge in [0.25, 0.3) is 0 Å². The molecule has 0 fully saturated rings. The fourth-order valence-corrected chi connectivity index (χ4v) is 3.15. The second-order valence-electron chi connectivity index (χ2n) is 5.77. The maximum atomic E-state index is 12.4. The van der Waals surface area contributed by atoms with Crippen molar-refractivity contribution in [2.45, 2.75) is 13.8 Å². The zero-order valence-corrected chi connectivity index (χ0v) is 14.0. The minimum absolute atomic E-state index is 0.000923. The standard InChI is InChI=1S/C18H14O8/c1-3-25-17(23)11-13(19)7-5-9-10(6-8(7)14(11)20)16(22)12(15(9)21)18(24)26-4-2/h5-6,11-12H,3-4H2,1-2H3. The number of hydrogen-bond donors (Lipinski definition) is 0. The number of rotatable bonds is 4. The first kappa shape index (κ1) is 17.7. The highest BCUT2D eigenvalue weighted by atomic mass is 16.5. The van der Waals surface area contributed by atoms with Gasteiger partial charge in [-0.2, -0.15) is 0 Å². The number of esters is 2. The summed E-state index contributed by atoms with van der Waals surface area (Å²) in [4.78, 5) is 73.4. The summed E-state index contributed by atoms with van der Waals surface area (Å²) < 4.78 is 9.48. The molecule has 0 amide bonds. The van der Waals surface area contributed by atoms with Crippen LogP contribution in [0.5, 0.6) is 0 Å². The first-order chi connectivity index (χ1) is 12.3. The summed E-state index contributed by atoms with van der Waals surface area (Å²) in [6.07, 6.45) is 0. The molecule has 0 radical (unpaired) electrons. The van der Waals surface area contributed by atoms with Gasteiger partial charge in [-0.15, -0.1) is 0 Å². The molecule has 134 valence electrons. The summed E-state index contributed by atoms with van der Waals surface area (Å²) in [6.45, 7) is 3.08. The molecule has 1 aromatic rings. The maximum absolute atomic E-state index is 12.4. The van der Waals surface area contributed by atoms with Gasteiger partial charge in [-0.3, -0.25) is 28.8 Å². The molecule has 0 N–H and O–H groups in total. The Balaban J connectivity index is 2.03. The summed E-state index contributed by atoms with van der Waals surface area (Å²) in [5.74, 6) is -8.34. The van der Waals surface area contributed by atoms with Gasteiger partial charge in [0.05, 0.1) is 13.2 Å². The summed E-state index contributed by atoms with van der Waals surface area (Å²) in [7, 11) is 0. The molecule has 0 spiro atoms. The van der Waals surface area contributed by atoms with Gasteiger partial charge < -0.3 is 9.47 Å². The van der Waals surface area contributed by atoms with E-state index in [9.17, 15) is 28.8 Å². The van der Waals surface area contributed by atoms with Crippen LogP contribution in [0.2, 0.25) is 0 Å². The van der Waals surface area contributed by atoms with E-state index in [4.69, 9.17) is 9.47 Å². The minimum Gasteiger partial charge on any atom is -0.465 e. The van der Waals surface area contributed by atoms with Crippen molar-refractivity contribution in [2.24, 2.45) is 11.8 Å². The van der Waals surface area contributed by atoms with Crippen LogP contribution in [0.15, 0.2) is 12.1 Å². The van der Waals surface area contributed by atoms with Crippen LogP contribution in [0.3, 0.4) is 0 Å². The number of Topliss-reactive ketones (excluding diaryl/α,β-unsaturated/α-hetero) is 4. The predicted octanol–water partition coefficient (Wildman–Crippen LogP) is 0.803. The summed E-state index contributed by atoms with van der Waals surface area (Å²) in [5.41, 5.74) is -0.509. The van der Waals surface area contributed by atoms with Crippen molar-refractivity contribution in [2.75, 3.05) is 13.2 Å². The van der Waals surface area contributed by atoms with E-state index in [1.165, 1.54) is 13.8 Å². The molecule has 0 bridgehead atoms. The van der Waals surface area contributed by atoms with Gasteiger partial charge in [0.2, 0.25) is 0 Å². The molecule has 0 saturated heterocycles. The Bertz CT molecular complexity index is 770. The molecule has 2 aliphatic rings. The molecule has 8 heteroatoms. The van der Waals surface area contributed by atoms with Crippen LogP contribution in [-0.4, -0.2) is 48.3 Å². The first-order valence-corrected chi connectivity index (χ1v) is 8.01. The van der Waals surface area contributed by atoms with Gasteiger partial charge >= 0.3 is 11.9 Å². The van der Waals surface area contributed by atoms with Crippen LogP contribution in [0.1, 0.15) is 55.3 Å². The summed E-state index contributed by atoms with van der Waals surface area (Å²) in [5, 5.41) is 0. The van der Waals surface area contributed by atoms with Gasteiger partial charge in [-0.25, -0.2) is 0 Å². The van der Waals surface area contributed by atoms with E-state index < -0.39 is 46.9 Å². The van der Waals surface area contributed by atoms with Gasteiger partial charge in [0, 0.05) is 22.3 Å². The highest BCUT2D eigenvalue weighted by Crippen LogP contribution is 2.35. The van der Waals surface area contributed by atoms with Crippen LogP contribution in [0, 0.1) is 11.8 Å². The minimum atomic E-state index is -1.63. The molecule has 1 aromatic carbocycles. The van der Waals surface area contributed by atoms with Gasteiger partial charge in [-0.05, 0) is 26.0 Å². The zero-order chi connectivity index (χ0) is 19.2. The SMILES string of the molecule is CCOC(=O)C1C(=O)c2cc3c(cc2C1=O)C(=O)C(C(=O)OCC)C3=O. The number of benzene rings is 1. The van der Waals surface area contributed by atoms with E-state index in [1.807, 2.05) is 0 Å². The van der Waals surface area contributed by atoms with Gasteiger partial charge in [0.15, 0.2) is 35.0 Å². The number of carbonyl (C=O) groups excluding carboxylic acids is 6. The largest absolute Gasteiger partial charge is 0.465 e. The van der Waals surface area contributed by atoms with Crippen molar-refractivity contribution in [1.82, 2.24) is 0 Å². The van der Waals surface area contributed by atoms with Crippen molar-refractivity contribution in [3.63, 3.8) is 0 Å². The second-order valence-corrected chi connectivity index (χ2v) is 5.77. The fourth-order valence-electron chi connectivity index (χ4n) is 3.15. The summed E-state index contributed by atoms with van der Waals surface area (Å²) >= 11 is 0. The fraction of sp³-hybridized carbons (Fsp3) is 0.333. The van der Waals surface area contributed by atoms with Crippen molar-refractivity contribution in [3.05, 3.63) is 34.4 Å². The van der Waals surface area contributed by atoms with E-state index >= 15 is 0 Å². The second kappa shape index (κ2) is 6.29. The topological polar surface area (TPSA) is 121 Å². The average Bonchev–Trinajstić information content (AvgIpc) is 2.98. The monoisotopic (exact) mass is 358 g/mol. The molecule has 2 aliphatic carbocycles. The molecule has 0 unspecified atom stereocenters. The lowest BCUT2D eigenvalue weighted by molar-refractivity contribution is -0.145. The third-order valence-electron chi connectivity index (χ3n) is 4.31. The third kappa shape index (κ3) is 2.37. The molecule has 3 rings (SSSR count). The van der Waals surface area contributed by atoms with Crippen molar-refractivity contribution < 1.29 is 38.2 Å². The Hall–Kier alpha value is -3.16. The van der Waals surface area contributed by atoms with E-state index in [0.29, 0.717) is 0 Å². The number of hydrogen-bond acceptors (Lipinski definition) is 8. The Morgan fingerprint density at radius 1 is 0.692 bits per heavy atom. The first-order valence-electron chi connectivity index (χ1n) is 8.01. The Labute approximate surface area is 147 Å². The van der Waals surface area contributed by atoms with Crippen LogP contribution in [0.25, 0.3) is 0 Å². The van der Waals surface area contributed by atoms with Crippen LogP contribution in [0.4, 0.5) is 0 Å². The number of ether oxygens (including phenoxy) is 2. The lowest BCUT2D eigenvalue weighted by atomic mass is 10.0. The predicted molar refractivity (Wildman–Crippen MR) is 84.0 cm³/mol. The van der Waals surface area contributed by atoms with E-state index in [2.05, 4.69) is 0 Å².